The smallest absolute Gasteiger partial charge is 0.334 e. The molecule has 0 fully saturated rings. The molecule has 0 heterocycles. The van der Waals surface area contributed by atoms with Crippen molar-refractivity contribution in [1.29, 1.82) is 0 Å². The van der Waals surface area contributed by atoms with Crippen LogP contribution in [0.1, 0.15) is 36.8 Å². The molecule has 2 aromatic rings. The van der Waals surface area contributed by atoms with E-state index < -0.39 is 0 Å². The van der Waals surface area contributed by atoms with Crippen molar-refractivity contribution >= 4 is 11.9 Å². The molecule has 2 atom stereocenters. The van der Waals surface area contributed by atoms with Crippen LogP contribution in [0.25, 0.3) is 0 Å². The summed E-state index contributed by atoms with van der Waals surface area (Å²) >= 11 is 0. The summed E-state index contributed by atoms with van der Waals surface area (Å²) in [5, 5.41) is 0. The third-order valence-corrected chi connectivity index (χ3v) is 4.70. The van der Waals surface area contributed by atoms with Crippen LogP contribution in [0, 0.1) is 0 Å². The monoisotopic (exact) mass is 376 g/mol. The van der Waals surface area contributed by atoms with Gasteiger partial charge in [0.2, 0.25) is 0 Å². The van der Waals surface area contributed by atoms with Gasteiger partial charge in [0.1, 0.15) is 0 Å². The number of rotatable bonds is 6. The van der Waals surface area contributed by atoms with Crippen LogP contribution >= 0.6 is 0 Å². The van der Waals surface area contributed by atoms with Crippen molar-refractivity contribution < 1.29 is 19.1 Å². The average molecular weight is 376 g/mol. The first kappa shape index (κ1) is 19.6. The van der Waals surface area contributed by atoms with Gasteiger partial charge >= 0.3 is 11.9 Å². The van der Waals surface area contributed by atoms with Gasteiger partial charge in [-0.1, -0.05) is 72.8 Å². The minimum Gasteiger partial charge on any atom is -0.463 e. The summed E-state index contributed by atoms with van der Waals surface area (Å²) in [6.45, 7) is 4.16. The minimum absolute atomic E-state index is 0.294. The molecule has 3 rings (SSSR count). The SMILES string of the molecule is CCOC(=O)C1=CC(c2ccccc2)C(C(=O)OCC)=CC1c1ccccc1. The molecule has 0 aliphatic heterocycles. The second-order valence-corrected chi connectivity index (χ2v) is 6.46. The molecule has 4 heteroatoms. The number of esters is 2. The molecule has 0 amide bonds. The molecule has 2 aromatic carbocycles. The molecule has 1 aliphatic rings. The van der Waals surface area contributed by atoms with E-state index in [0.29, 0.717) is 24.4 Å². The summed E-state index contributed by atoms with van der Waals surface area (Å²) in [6, 6.07) is 19.3. The van der Waals surface area contributed by atoms with E-state index in [-0.39, 0.29) is 23.8 Å². The van der Waals surface area contributed by atoms with E-state index in [0.717, 1.165) is 11.1 Å². The van der Waals surface area contributed by atoms with Gasteiger partial charge in [-0.2, -0.15) is 0 Å². The fourth-order valence-corrected chi connectivity index (χ4v) is 3.44. The summed E-state index contributed by atoms with van der Waals surface area (Å²) in [5.41, 5.74) is 2.93. The lowest BCUT2D eigenvalue weighted by molar-refractivity contribution is -0.140. The Labute approximate surface area is 165 Å². The summed E-state index contributed by atoms with van der Waals surface area (Å²) in [7, 11) is 0. The Morgan fingerprint density at radius 2 is 1.04 bits per heavy atom. The van der Waals surface area contributed by atoms with Crippen LogP contribution in [0.15, 0.2) is 84.0 Å². The second kappa shape index (κ2) is 9.18. The number of allylic oxidation sites excluding steroid dienone is 2. The lowest BCUT2D eigenvalue weighted by Crippen LogP contribution is -2.23. The zero-order chi connectivity index (χ0) is 19.9. The van der Waals surface area contributed by atoms with Crippen molar-refractivity contribution in [3.8, 4) is 0 Å². The predicted octanol–water partition coefficient (Wildman–Crippen LogP) is 4.55. The molecule has 0 N–H and O–H groups in total. The molecule has 0 radical (unpaired) electrons. The zero-order valence-electron chi connectivity index (χ0n) is 16.1. The molecule has 0 saturated carbocycles. The van der Waals surface area contributed by atoms with Crippen LogP contribution in [0.4, 0.5) is 0 Å². The summed E-state index contributed by atoms with van der Waals surface area (Å²) in [6.07, 6.45) is 3.69. The van der Waals surface area contributed by atoms with Crippen molar-refractivity contribution in [2.24, 2.45) is 0 Å². The Morgan fingerprint density at radius 3 is 1.36 bits per heavy atom. The summed E-state index contributed by atoms with van der Waals surface area (Å²) < 4.78 is 10.6. The van der Waals surface area contributed by atoms with Crippen LogP contribution in [0.5, 0.6) is 0 Å². The fraction of sp³-hybridized carbons (Fsp3) is 0.250. The maximum absolute atomic E-state index is 12.7. The van der Waals surface area contributed by atoms with Gasteiger partial charge in [0.25, 0.3) is 0 Å². The van der Waals surface area contributed by atoms with Crippen LogP contribution in [-0.2, 0) is 19.1 Å². The third kappa shape index (κ3) is 4.22. The van der Waals surface area contributed by atoms with E-state index in [2.05, 4.69) is 0 Å². The quantitative estimate of drug-likeness (QED) is 0.694. The topological polar surface area (TPSA) is 52.6 Å². The number of hydrogen-bond acceptors (Lipinski definition) is 4. The van der Waals surface area contributed by atoms with Crippen molar-refractivity contribution in [2.75, 3.05) is 13.2 Å². The normalized spacial score (nSPS) is 18.6. The van der Waals surface area contributed by atoms with Gasteiger partial charge in [0.15, 0.2) is 0 Å². The van der Waals surface area contributed by atoms with Crippen molar-refractivity contribution in [3.05, 3.63) is 95.1 Å². The molecule has 0 bridgehead atoms. The molecule has 144 valence electrons. The molecular weight excluding hydrogens is 352 g/mol. The highest BCUT2D eigenvalue weighted by atomic mass is 16.5. The van der Waals surface area contributed by atoms with Gasteiger partial charge in [0, 0.05) is 23.0 Å². The number of carbonyl (C=O) groups excluding carboxylic acids is 2. The molecule has 0 spiro atoms. The number of benzene rings is 2. The van der Waals surface area contributed by atoms with Crippen LogP contribution in [-0.4, -0.2) is 25.2 Å². The van der Waals surface area contributed by atoms with E-state index in [1.807, 2.05) is 72.8 Å². The maximum Gasteiger partial charge on any atom is 0.334 e. The highest BCUT2D eigenvalue weighted by Gasteiger charge is 2.33. The van der Waals surface area contributed by atoms with E-state index in [4.69, 9.17) is 9.47 Å². The molecular formula is C24H24O4. The first-order chi connectivity index (χ1) is 13.7. The van der Waals surface area contributed by atoms with Crippen molar-refractivity contribution in [1.82, 2.24) is 0 Å². The Kier molecular flexibility index (Phi) is 6.43. The van der Waals surface area contributed by atoms with Gasteiger partial charge in [-0.3, -0.25) is 0 Å². The molecule has 4 nitrogen and oxygen atoms in total. The Morgan fingerprint density at radius 1 is 0.679 bits per heavy atom. The van der Waals surface area contributed by atoms with Crippen molar-refractivity contribution in [2.45, 2.75) is 25.7 Å². The van der Waals surface area contributed by atoms with Gasteiger partial charge < -0.3 is 9.47 Å². The van der Waals surface area contributed by atoms with Crippen molar-refractivity contribution in [3.63, 3.8) is 0 Å². The highest BCUT2D eigenvalue weighted by Crippen LogP contribution is 2.40. The van der Waals surface area contributed by atoms with Crippen LogP contribution < -0.4 is 0 Å². The number of ether oxygens (including phenoxy) is 2. The van der Waals surface area contributed by atoms with Gasteiger partial charge in [-0.05, 0) is 25.0 Å². The first-order valence-electron chi connectivity index (χ1n) is 9.53. The summed E-state index contributed by atoms with van der Waals surface area (Å²) in [4.78, 5) is 25.5. The van der Waals surface area contributed by atoms with E-state index >= 15 is 0 Å². The fourth-order valence-electron chi connectivity index (χ4n) is 3.44. The Balaban J connectivity index is 2.12. The first-order valence-corrected chi connectivity index (χ1v) is 9.53. The molecule has 1 aliphatic carbocycles. The minimum atomic E-state index is -0.364. The van der Waals surface area contributed by atoms with Gasteiger partial charge in [-0.25, -0.2) is 9.59 Å². The van der Waals surface area contributed by atoms with E-state index in [1.54, 1.807) is 13.8 Å². The third-order valence-electron chi connectivity index (χ3n) is 4.70. The van der Waals surface area contributed by atoms with Gasteiger partial charge in [-0.15, -0.1) is 0 Å². The van der Waals surface area contributed by atoms with E-state index in [1.165, 1.54) is 0 Å². The largest absolute Gasteiger partial charge is 0.463 e. The maximum atomic E-state index is 12.7. The Bertz CT molecular complexity index is 806. The van der Waals surface area contributed by atoms with Gasteiger partial charge in [0.05, 0.1) is 13.2 Å². The van der Waals surface area contributed by atoms with E-state index in [9.17, 15) is 9.59 Å². The average Bonchev–Trinajstić information content (AvgIpc) is 2.74. The van der Waals surface area contributed by atoms with Crippen LogP contribution in [0.2, 0.25) is 0 Å². The molecule has 2 unspecified atom stereocenters. The summed E-state index contributed by atoms with van der Waals surface area (Å²) in [5.74, 6) is -1.45. The molecule has 0 aromatic heterocycles. The zero-order valence-corrected chi connectivity index (χ0v) is 16.1. The Hall–Kier alpha value is -3.14. The lowest BCUT2D eigenvalue weighted by atomic mass is 9.77. The number of carbonyl (C=O) groups is 2. The van der Waals surface area contributed by atoms with Crippen LogP contribution in [0.3, 0.4) is 0 Å². The second-order valence-electron chi connectivity index (χ2n) is 6.46. The standard InChI is InChI=1S/C24H24O4/c1-3-27-23(25)21-15-20(18-13-9-6-10-14-18)22(24(26)28-4-2)16-19(21)17-11-7-5-8-12-17/h5-16,19-20H,3-4H2,1-2H3. The lowest BCUT2D eigenvalue weighted by Gasteiger charge is -2.27. The molecule has 0 saturated heterocycles. The number of hydrogen-bond donors (Lipinski definition) is 0. The highest BCUT2D eigenvalue weighted by molar-refractivity contribution is 5.96. The molecule has 28 heavy (non-hydrogen) atoms. The predicted molar refractivity (Wildman–Crippen MR) is 108 cm³/mol.